The number of nitrogens with one attached hydrogen (secondary N) is 1. The summed E-state index contributed by atoms with van der Waals surface area (Å²) in [7, 11) is 0. The molecule has 1 fully saturated rings. The van der Waals surface area contributed by atoms with Gasteiger partial charge in [0.15, 0.2) is 0 Å². The third-order valence-electron chi connectivity index (χ3n) is 3.61. The summed E-state index contributed by atoms with van der Waals surface area (Å²) in [5.74, 6) is 2.94. The Morgan fingerprint density at radius 2 is 2.19 bits per heavy atom. The highest BCUT2D eigenvalue weighted by Crippen LogP contribution is 2.26. The molecule has 2 heteroatoms. The average molecular weight is 221 g/mol. The number of hydrogen-bond donors (Lipinski definition) is 1. The van der Waals surface area contributed by atoms with Gasteiger partial charge in [-0.3, -0.25) is 0 Å². The maximum Gasteiger partial charge on any atom is 0.120 e. The molecule has 3 atom stereocenters. The monoisotopic (exact) mass is 221 g/mol. The predicted octanol–water partition coefficient (Wildman–Crippen LogP) is 3.82. The SMILES string of the molecule is Cc1ccc(C(C)NC2CCCC(C)C2)o1. The van der Waals surface area contributed by atoms with Gasteiger partial charge in [-0.25, -0.2) is 0 Å². The van der Waals surface area contributed by atoms with E-state index in [-0.39, 0.29) is 0 Å². The predicted molar refractivity (Wildman–Crippen MR) is 66.4 cm³/mol. The van der Waals surface area contributed by atoms with Gasteiger partial charge in [0.05, 0.1) is 6.04 Å². The third-order valence-corrected chi connectivity index (χ3v) is 3.61. The van der Waals surface area contributed by atoms with Gasteiger partial charge in [0.1, 0.15) is 11.5 Å². The second kappa shape index (κ2) is 5.05. The van der Waals surface area contributed by atoms with Gasteiger partial charge in [-0.05, 0) is 44.7 Å². The standard InChI is InChI=1S/C14H23NO/c1-10-5-4-6-13(9-10)15-12(3)14-8-7-11(2)16-14/h7-8,10,12-13,15H,4-6,9H2,1-3H3. The van der Waals surface area contributed by atoms with Crippen LogP contribution in [0.3, 0.4) is 0 Å². The van der Waals surface area contributed by atoms with Crippen LogP contribution in [0.2, 0.25) is 0 Å². The van der Waals surface area contributed by atoms with E-state index >= 15 is 0 Å². The minimum atomic E-state index is 0.337. The highest BCUT2D eigenvalue weighted by Gasteiger charge is 2.21. The van der Waals surface area contributed by atoms with Crippen molar-refractivity contribution in [1.82, 2.24) is 5.32 Å². The second-order valence-electron chi connectivity index (χ2n) is 5.31. The Hall–Kier alpha value is -0.760. The molecule has 1 aromatic rings. The van der Waals surface area contributed by atoms with Crippen molar-refractivity contribution in [2.75, 3.05) is 0 Å². The lowest BCUT2D eigenvalue weighted by Gasteiger charge is -2.29. The van der Waals surface area contributed by atoms with E-state index in [1.807, 2.05) is 13.0 Å². The van der Waals surface area contributed by atoms with Crippen LogP contribution in [0.25, 0.3) is 0 Å². The number of rotatable bonds is 3. The van der Waals surface area contributed by atoms with Crippen LogP contribution >= 0.6 is 0 Å². The molecule has 1 aliphatic carbocycles. The first kappa shape index (κ1) is 11.7. The highest BCUT2D eigenvalue weighted by atomic mass is 16.3. The van der Waals surface area contributed by atoms with Gasteiger partial charge >= 0.3 is 0 Å². The Kier molecular flexibility index (Phi) is 3.70. The van der Waals surface area contributed by atoms with E-state index in [2.05, 4.69) is 25.2 Å². The molecular weight excluding hydrogens is 198 g/mol. The van der Waals surface area contributed by atoms with Crippen LogP contribution < -0.4 is 5.32 Å². The maximum absolute atomic E-state index is 5.65. The summed E-state index contributed by atoms with van der Waals surface area (Å²) in [5.41, 5.74) is 0. The van der Waals surface area contributed by atoms with E-state index in [0.29, 0.717) is 12.1 Å². The number of hydrogen-bond acceptors (Lipinski definition) is 2. The maximum atomic E-state index is 5.65. The van der Waals surface area contributed by atoms with Gasteiger partial charge < -0.3 is 9.73 Å². The molecule has 0 aliphatic heterocycles. The Morgan fingerprint density at radius 1 is 1.38 bits per heavy atom. The quantitative estimate of drug-likeness (QED) is 0.839. The van der Waals surface area contributed by atoms with Gasteiger partial charge in [-0.2, -0.15) is 0 Å². The molecule has 0 spiro atoms. The van der Waals surface area contributed by atoms with Crippen molar-refractivity contribution in [2.45, 2.75) is 58.5 Å². The summed E-state index contributed by atoms with van der Waals surface area (Å²) in [6.07, 6.45) is 5.38. The first-order valence-corrected chi connectivity index (χ1v) is 6.47. The Labute approximate surface area is 98.4 Å². The van der Waals surface area contributed by atoms with Crippen LogP contribution in [-0.4, -0.2) is 6.04 Å². The van der Waals surface area contributed by atoms with E-state index in [1.165, 1.54) is 25.7 Å². The van der Waals surface area contributed by atoms with E-state index in [4.69, 9.17) is 4.42 Å². The normalized spacial score (nSPS) is 27.9. The lowest BCUT2D eigenvalue weighted by atomic mass is 9.87. The van der Waals surface area contributed by atoms with E-state index in [0.717, 1.165) is 17.4 Å². The zero-order valence-electron chi connectivity index (χ0n) is 10.6. The van der Waals surface area contributed by atoms with Crippen molar-refractivity contribution in [1.29, 1.82) is 0 Å². The van der Waals surface area contributed by atoms with Crippen LogP contribution in [0.5, 0.6) is 0 Å². The van der Waals surface area contributed by atoms with E-state index in [1.54, 1.807) is 0 Å². The van der Waals surface area contributed by atoms with Gasteiger partial charge in [0, 0.05) is 6.04 Å². The topological polar surface area (TPSA) is 25.2 Å². The average Bonchev–Trinajstić information content (AvgIpc) is 2.65. The van der Waals surface area contributed by atoms with E-state index < -0.39 is 0 Å². The first-order chi connectivity index (χ1) is 7.65. The second-order valence-corrected chi connectivity index (χ2v) is 5.31. The van der Waals surface area contributed by atoms with Crippen molar-refractivity contribution in [3.63, 3.8) is 0 Å². The molecule has 1 N–H and O–H groups in total. The molecule has 0 saturated heterocycles. The molecule has 90 valence electrons. The molecule has 1 heterocycles. The van der Waals surface area contributed by atoms with Crippen molar-refractivity contribution < 1.29 is 4.42 Å². The fourth-order valence-corrected chi connectivity index (χ4v) is 2.71. The summed E-state index contributed by atoms with van der Waals surface area (Å²) in [6, 6.07) is 5.13. The van der Waals surface area contributed by atoms with Crippen molar-refractivity contribution >= 4 is 0 Å². The van der Waals surface area contributed by atoms with Crippen LogP contribution in [0.15, 0.2) is 16.5 Å². The van der Waals surface area contributed by atoms with Crippen LogP contribution in [0.1, 0.15) is 57.1 Å². The van der Waals surface area contributed by atoms with Crippen LogP contribution in [-0.2, 0) is 0 Å². The fraction of sp³-hybridized carbons (Fsp3) is 0.714. The largest absolute Gasteiger partial charge is 0.465 e. The lowest BCUT2D eigenvalue weighted by Crippen LogP contribution is -2.35. The van der Waals surface area contributed by atoms with Crippen molar-refractivity contribution in [3.05, 3.63) is 23.7 Å². The lowest BCUT2D eigenvalue weighted by molar-refractivity contribution is 0.273. The van der Waals surface area contributed by atoms with Crippen LogP contribution in [0.4, 0.5) is 0 Å². The smallest absolute Gasteiger partial charge is 0.120 e. The van der Waals surface area contributed by atoms with E-state index in [9.17, 15) is 0 Å². The molecule has 1 saturated carbocycles. The molecule has 3 unspecified atom stereocenters. The molecule has 0 aromatic carbocycles. The Bertz CT molecular complexity index is 331. The summed E-state index contributed by atoms with van der Waals surface area (Å²) < 4.78 is 5.65. The number of aryl methyl sites for hydroxylation is 1. The Balaban J connectivity index is 1.89. The highest BCUT2D eigenvalue weighted by molar-refractivity contribution is 5.09. The summed E-state index contributed by atoms with van der Waals surface area (Å²) >= 11 is 0. The summed E-state index contributed by atoms with van der Waals surface area (Å²) in [6.45, 7) is 6.55. The number of furan rings is 1. The molecule has 2 rings (SSSR count). The molecule has 0 bridgehead atoms. The van der Waals surface area contributed by atoms with Crippen molar-refractivity contribution in [3.8, 4) is 0 Å². The Morgan fingerprint density at radius 3 is 2.81 bits per heavy atom. The van der Waals surface area contributed by atoms with Crippen molar-refractivity contribution in [2.24, 2.45) is 5.92 Å². The molecule has 1 aliphatic rings. The summed E-state index contributed by atoms with van der Waals surface area (Å²) in [4.78, 5) is 0. The molecule has 0 amide bonds. The third kappa shape index (κ3) is 2.88. The van der Waals surface area contributed by atoms with Gasteiger partial charge in [0.2, 0.25) is 0 Å². The first-order valence-electron chi connectivity index (χ1n) is 6.47. The zero-order chi connectivity index (χ0) is 11.5. The fourth-order valence-electron chi connectivity index (χ4n) is 2.71. The van der Waals surface area contributed by atoms with Gasteiger partial charge in [0.25, 0.3) is 0 Å². The van der Waals surface area contributed by atoms with Gasteiger partial charge in [-0.15, -0.1) is 0 Å². The molecular formula is C14H23NO. The minimum Gasteiger partial charge on any atom is -0.465 e. The van der Waals surface area contributed by atoms with Crippen LogP contribution in [0, 0.1) is 12.8 Å². The van der Waals surface area contributed by atoms with Gasteiger partial charge in [-0.1, -0.05) is 19.8 Å². The molecule has 2 nitrogen and oxygen atoms in total. The molecule has 0 radical (unpaired) electrons. The minimum absolute atomic E-state index is 0.337. The summed E-state index contributed by atoms with van der Waals surface area (Å²) in [5, 5.41) is 3.69. The zero-order valence-corrected chi connectivity index (χ0v) is 10.6. The molecule has 1 aromatic heterocycles. The molecule has 16 heavy (non-hydrogen) atoms.